The fraction of sp³-hybridized carbons (Fsp3) is 0.562. The molecule has 1 aromatic rings. The van der Waals surface area contributed by atoms with Crippen LogP contribution in [-0.2, 0) is 0 Å². The lowest BCUT2D eigenvalue weighted by molar-refractivity contribution is 0.0736. The van der Waals surface area contributed by atoms with Crippen LogP contribution in [0.5, 0.6) is 0 Å². The van der Waals surface area contributed by atoms with E-state index in [0.29, 0.717) is 11.0 Å². The van der Waals surface area contributed by atoms with E-state index in [9.17, 15) is 9.18 Å². The molecule has 1 amide bonds. The quantitative estimate of drug-likeness (QED) is 0.786. The molecule has 3 nitrogen and oxygen atoms in total. The van der Waals surface area contributed by atoms with Gasteiger partial charge in [-0.25, -0.2) is 4.39 Å². The molecular weight excluding hydrogens is 255 g/mol. The predicted molar refractivity (Wildman–Crippen MR) is 76.1 cm³/mol. The Morgan fingerprint density at radius 3 is 2.60 bits per heavy atom. The van der Waals surface area contributed by atoms with Gasteiger partial charge in [0.25, 0.3) is 5.91 Å². The molecule has 20 heavy (non-hydrogen) atoms. The van der Waals surface area contributed by atoms with E-state index in [1.54, 1.807) is 12.1 Å². The van der Waals surface area contributed by atoms with Crippen molar-refractivity contribution in [3.63, 3.8) is 0 Å². The second-order valence-electron chi connectivity index (χ2n) is 6.29. The summed E-state index contributed by atoms with van der Waals surface area (Å²) >= 11 is 0. The third-order valence-corrected chi connectivity index (χ3v) is 4.84. The van der Waals surface area contributed by atoms with Crippen LogP contribution >= 0.6 is 0 Å². The number of halogens is 1. The number of carbonyl (C=O) groups is 1. The van der Waals surface area contributed by atoms with Crippen molar-refractivity contribution >= 4 is 5.91 Å². The molecule has 2 heterocycles. The van der Waals surface area contributed by atoms with E-state index in [1.807, 2.05) is 4.90 Å². The summed E-state index contributed by atoms with van der Waals surface area (Å²) in [6.45, 7) is 3.86. The Hall–Kier alpha value is -1.42. The van der Waals surface area contributed by atoms with Gasteiger partial charge in [-0.2, -0.15) is 0 Å². The Morgan fingerprint density at radius 1 is 1.20 bits per heavy atom. The maximum atomic E-state index is 13.2. The molecule has 0 N–H and O–H groups in total. The average molecular weight is 276 g/mol. The Morgan fingerprint density at radius 2 is 1.90 bits per heavy atom. The lowest BCUT2D eigenvalue weighted by atomic mass is 9.78. The number of hydrogen-bond acceptors (Lipinski definition) is 2. The molecule has 0 aliphatic carbocycles. The van der Waals surface area contributed by atoms with Crippen molar-refractivity contribution in [1.82, 2.24) is 9.80 Å². The van der Waals surface area contributed by atoms with Gasteiger partial charge < -0.3 is 9.80 Å². The van der Waals surface area contributed by atoms with Crippen molar-refractivity contribution < 1.29 is 9.18 Å². The fourth-order valence-electron chi connectivity index (χ4n) is 3.41. The number of benzene rings is 1. The van der Waals surface area contributed by atoms with Crippen LogP contribution in [0, 0.1) is 11.2 Å². The van der Waals surface area contributed by atoms with E-state index in [1.165, 1.54) is 12.1 Å². The first-order chi connectivity index (χ1) is 9.58. The summed E-state index contributed by atoms with van der Waals surface area (Å²) < 4.78 is 13.2. The number of likely N-dealkylation sites (tertiary alicyclic amines) is 2. The lowest BCUT2D eigenvalue weighted by Crippen LogP contribution is -2.40. The number of rotatable bonds is 1. The zero-order valence-electron chi connectivity index (χ0n) is 11.9. The second kappa shape index (κ2) is 5.17. The Kier molecular flexibility index (Phi) is 3.50. The first-order valence-electron chi connectivity index (χ1n) is 7.31. The second-order valence-corrected chi connectivity index (χ2v) is 6.29. The van der Waals surface area contributed by atoms with Crippen LogP contribution in [-0.4, -0.2) is 48.9 Å². The highest BCUT2D eigenvalue weighted by Gasteiger charge is 2.41. The summed E-state index contributed by atoms with van der Waals surface area (Å²) in [5.74, 6) is -0.371. The molecule has 2 saturated heterocycles. The van der Waals surface area contributed by atoms with Gasteiger partial charge >= 0.3 is 0 Å². The summed E-state index contributed by atoms with van der Waals surface area (Å²) in [5, 5.41) is 0. The highest BCUT2D eigenvalue weighted by molar-refractivity contribution is 5.94. The van der Waals surface area contributed by atoms with Crippen molar-refractivity contribution in [2.24, 2.45) is 5.41 Å². The number of hydrogen-bond donors (Lipinski definition) is 0. The minimum Gasteiger partial charge on any atom is -0.338 e. The van der Waals surface area contributed by atoms with Crippen LogP contribution in [0.4, 0.5) is 4.39 Å². The Labute approximate surface area is 119 Å². The van der Waals surface area contributed by atoms with E-state index >= 15 is 0 Å². The zero-order chi connectivity index (χ0) is 14.2. The largest absolute Gasteiger partial charge is 0.338 e. The van der Waals surface area contributed by atoms with E-state index < -0.39 is 0 Å². The summed E-state index contributed by atoms with van der Waals surface area (Å²) in [6.07, 6.45) is 3.41. The van der Waals surface area contributed by atoms with Crippen LogP contribution in [0.3, 0.4) is 0 Å². The Balaban J connectivity index is 1.69. The van der Waals surface area contributed by atoms with Gasteiger partial charge in [0.1, 0.15) is 5.82 Å². The summed E-state index contributed by atoms with van der Waals surface area (Å²) in [6, 6.07) is 6.01. The average Bonchev–Trinajstić information content (AvgIpc) is 2.86. The van der Waals surface area contributed by atoms with Gasteiger partial charge in [-0.3, -0.25) is 4.79 Å². The molecule has 0 aromatic heterocycles. The van der Waals surface area contributed by atoms with E-state index in [4.69, 9.17) is 0 Å². The molecule has 108 valence electrons. The minimum absolute atomic E-state index is 0.0275. The topological polar surface area (TPSA) is 23.6 Å². The van der Waals surface area contributed by atoms with Gasteiger partial charge in [0.05, 0.1) is 0 Å². The highest BCUT2D eigenvalue weighted by Crippen LogP contribution is 2.40. The summed E-state index contributed by atoms with van der Waals surface area (Å²) in [7, 11) is 2.15. The van der Waals surface area contributed by atoms with E-state index in [2.05, 4.69) is 11.9 Å². The van der Waals surface area contributed by atoms with Gasteiger partial charge in [-0.15, -0.1) is 0 Å². The van der Waals surface area contributed by atoms with Crippen molar-refractivity contribution in [3.05, 3.63) is 35.6 Å². The number of carbonyl (C=O) groups excluding carboxylic acids is 1. The first-order valence-corrected chi connectivity index (χ1v) is 7.31. The number of piperidine rings is 1. The molecule has 0 atom stereocenters. The van der Waals surface area contributed by atoms with Crippen molar-refractivity contribution in [1.29, 1.82) is 0 Å². The van der Waals surface area contributed by atoms with Crippen LogP contribution in [0.1, 0.15) is 29.6 Å². The maximum Gasteiger partial charge on any atom is 0.253 e. The van der Waals surface area contributed by atoms with E-state index in [-0.39, 0.29) is 11.7 Å². The minimum atomic E-state index is -0.343. The van der Waals surface area contributed by atoms with Gasteiger partial charge in [0.15, 0.2) is 0 Å². The third kappa shape index (κ3) is 2.57. The predicted octanol–water partition coefficient (Wildman–Crippen LogP) is 2.38. The van der Waals surface area contributed by atoms with Gasteiger partial charge in [-0.1, -0.05) is 6.07 Å². The molecule has 2 aliphatic heterocycles. The molecule has 2 fully saturated rings. The molecule has 0 saturated carbocycles. The fourth-order valence-corrected chi connectivity index (χ4v) is 3.41. The molecule has 4 heteroatoms. The third-order valence-electron chi connectivity index (χ3n) is 4.84. The standard InChI is InChI=1S/C16H21FN2O/c1-18-8-5-16(6-9-18)7-10-19(12-16)15(20)13-3-2-4-14(17)11-13/h2-4,11H,5-10,12H2,1H3. The first kappa shape index (κ1) is 13.6. The highest BCUT2D eigenvalue weighted by atomic mass is 19.1. The molecule has 1 aromatic carbocycles. The van der Waals surface area contributed by atoms with Crippen molar-refractivity contribution in [2.45, 2.75) is 19.3 Å². The van der Waals surface area contributed by atoms with Gasteiger partial charge in [-0.05, 0) is 63.0 Å². The normalized spacial score (nSPS) is 22.4. The SMILES string of the molecule is CN1CCC2(CC1)CCN(C(=O)c1cccc(F)c1)C2. The van der Waals surface area contributed by atoms with Crippen LogP contribution in [0.25, 0.3) is 0 Å². The monoisotopic (exact) mass is 276 g/mol. The summed E-state index contributed by atoms with van der Waals surface area (Å²) in [4.78, 5) is 16.7. The van der Waals surface area contributed by atoms with Gasteiger partial charge in [0, 0.05) is 18.7 Å². The molecule has 1 spiro atoms. The number of amides is 1. The smallest absolute Gasteiger partial charge is 0.253 e. The lowest BCUT2D eigenvalue weighted by Gasteiger charge is -2.37. The molecule has 3 rings (SSSR count). The summed E-state index contributed by atoms with van der Waals surface area (Å²) in [5.41, 5.74) is 0.769. The Bertz CT molecular complexity index is 509. The van der Waals surface area contributed by atoms with Crippen LogP contribution < -0.4 is 0 Å². The molecule has 0 unspecified atom stereocenters. The van der Waals surface area contributed by atoms with Crippen LogP contribution in [0.2, 0.25) is 0 Å². The molecular formula is C16H21FN2O. The molecule has 0 bridgehead atoms. The number of nitrogens with zero attached hydrogens (tertiary/aromatic N) is 2. The molecule has 0 radical (unpaired) electrons. The zero-order valence-corrected chi connectivity index (χ0v) is 11.9. The van der Waals surface area contributed by atoms with Gasteiger partial charge in [0.2, 0.25) is 0 Å². The maximum absolute atomic E-state index is 13.2. The van der Waals surface area contributed by atoms with E-state index in [0.717, 1.165) is 45.4 Å². The van der Waals surface area contributed by atoms with Crippen molar-refractivity contribution in [3.8, 4) is 0 Å². The molecule has 2 aliphatic rings. The van der Waals surface area contributed by atoms with Crippen LogP contribution in [0.15, 0.2) is 24.3 Å². The van der Waals surface area contributed by atoms with Crippen molar-refractivity contribution in [2.75, 3.05) is 33.2 Å².